The van der Waals surface area contributed by atoms with Gasteiger partial charge in [-0.1, -0.05) is 0 Å². The third kappa shape index (κ3) is 3.09. The van der Waals surface area contributed by atoms with E-state index < -0.39 is 0 Å². The van der Waals surface area contributed by atoms with E-state index >= 15 is 0 Å². The average Bonchev–Trinajstić information content (AvgIpc) is 2.67. The Labute approximate surface area is 80.9 Å². The van der Waals surface area contributed by atoms with Crippen LogP contribution in [0.25, 0.3) is 0 Å². The number of nitrogens with zero attached hydrogens (tertiary/aromatic N) is 3. The highest BCUT2D eigenvalue weighted by atomic mass is 16.3. The number of carbonyl (C=O) groups is 1. The highest BCUT2D eigenvalue weighted by Gasteiger charge is 2.12. The van der Waals surface area contributed by atoms with Gasteiger partial charge in [0.2, 0.25) is 0 Å². The van der Waals surface area contributed by atoms with Crippen molar-refractivity contribution in [2.75, 3.05) is 6.61 Å². The van der Waals surface area contributed by atoms with Crippen molar-refractivity contribution in [1.29, 1.82) is 0 Å². The van der Waals surface area contributed by atoms with Crippen molar-refractivity contribution in [2.45, 2.75) is 25.8 Å². The van der Waals surface area contributed by atoms with E-state index in [1.165, 1.54) is 0 Å². The zero-order valence-corrected chi connectivity index (χ0v) is 7.90. The van der Waals surface area contributed by atoms with E-state index in [-0.39, 0.29) is 24.4 Å². The third-order valence-electron chi connectivity index (χ3n) is 1.72. The molecular weight excluding hydrogens is 186 g/mol. The number of hydrogen-bond donors (Lipinski definition) is 3. The zero-order valence-electron chi connectivity index (χ0n) is 7.90. The van der Waals surface area contributed by atoms with Gasteiger partial charge in [0.25, 0.3) is 11.7 Å². The minimum atomic E-state index is -0.357. The maximum absolute atomic E-state index is 11.3. The number of aromatic nitrogens is 4. The van der Waals surface area contributed by atoms with Gasteiger partial charge in [0.1, 0.15) is 0 Å². The standard InChI is InChI=1S/C7H13N5O2/c1-5(3-2-4-13)8-7(14)6-9-11-12-10-6/h5,13H,2-4H2,1H3,(H,8,14)(H,9,10,11,12). The molecule has 0 spiro atoms. The van der Waals surface area contributed by atoms with Crippen molar-refractivity contribution in [3.05, 3.63) is 5.82 Å². The number of hydrogen-bond acceptors (Lipinski definition) is 5. The van der Waals surface area contributed by atoms with E-state index in [4.69, 9.17) is 5.11 Å². The number of H-pyrrole nitrogens is 1. The lowest BCUT2D eigenvalue weighted by Gasteiger charge is -2.10. The molecule has 1 aromatic rings. The number of nitrogens with one attached hydrogen (secondary N) is 2. The van der Waals surface area contributed by atoms with Crippen LogP contribution in [0.5, 0.6) is 0 Å². The molecule has 14 heavy (non-hydrogen) atoms. The van der Waals surface area contributed by atoms with Gasteiger partial charge in [-0.2, -0.15) is 5.21 Å². The van der Waals surface area contributed by atoms with Crippen molar-refractivity contribution in [1.82, 2.24) is 25.9 Å². The minimum absolute atomic E-state index is 0.00634. The van der Waals surface area contributed by atoms with Gasteiger partial charge in [-0.05, 0) is 25.0 Å². The molecule has 7 nitrogen and oxygen atoms in total. The van der Waals surface area contributed by atoms with Crippen LogP contribution in [0.15, 0.2) is 0 Å². The van der Waals surface area contributed by atoms with Gasteiger partial charge in [-0.15, -0.1) is 10.2 Å². The van der Waals surface area contributed by atoms with Crippen LogP contribution < -0.4 is 5.32 Å². The Morgan fingerprint density at radius 2 is 2.50 bits per heavy atom. The summed E-state index contributed by atoms with van der Waals surface area (Å²) in [5.74, 6) is -0.329. The molecule has 1 amide bonds. The van der Waals surface area contributed by atoms with Crippen LogP contribution in [0.3, 0.4) is 0 Å². The summed E-state index contributed by atoms with van der Waals surface area (Å²) < 4.78 is 0. The Morgan fingerprint density at radius 1 is 1.71 bits per heavy atom. The molecule has 0 aromatic carbocycles. The number of carbonyl (C=O) groups excluding carboxylic acids is 1. The minimum Gasteiger partial charge on any atom is -0.396 e. The number of aliphatic hydroxyl groups is 1. The van der Waals surface area contributed by atoms with Crippen LogP contribution in [-0.2, 0) is 0 Å². The molecular formula is C7H13N5O2. The predicted molar refractivity (Wildman–Crippen MR) is 47.4 cm³/mol. The number of aliphatic hydroxyl groups excluding tert-OH is 1. The Bertz CT molecular complexity index is 274. The molecule has 1 atom stereocenters. The maximum atomic E-state index is 11.3. The Kier molecular flexibility index (Phi) is 3.99. The maximum Gasteiger partial charge on any atom is 0.293 e. The molecule has 1 heterocycles. The van der Waals surface area contributed by atoms with Crippen molar-refractivity contribution >= 4 is 5.91 Å². The second-order valence-electron chi connectivity index (χ2n) is 2.98. The number of amides is 1. The highest BCUT2D eigenvalue weighted by molar-refractivity contribution is 5.90. The predicted octanol–water partition coefficient (Wildman–Crippen LogP) is -0.909. The first-order valence-electron chi connectivity index (χ1n) is 4.39. The van der Waals surface area contributed by atoms with Gasteiger partial charge in [0.05, 0.1) is 0 Å². The Morgan fingerprint density at radius 3 is 3.07 bits per heavy atom. The van der Waals surface area contributed by atoms with E-state index in [1.54, 1.807) is 0 Å². The summed E-state index contributed by atoms with van der Waals surface area (Å²) in [7, 11) is 0. The summed E-state index contributed by atoms with van der Waals surface area (Å²) in [4.78, 5) is 11.3. The molecule has 7 heteroatoms. The van der Waals surface area contributed by atoms with Crippen LogP contribution in [0.1, 0.15) is 30.4 Å². The second-order valence-corrected chi connectivity index (χ2v) is 2.98. The fourth-order valence-corrected chi connectivity index (χ4v) is 1.02. The second kappa shape index (κ2) is 5.28. The molecule has 1 aromatic heterocycles. The lowest BCUT2D eigenvalue weighted by Crippen LogP contribution is -2.33. The average molecular weight is 199 g/mol. The quantitative estimate of drug-likeness (QED) is 0.569. The van der Waals surface area contributed by atoms with E-state index in [9.17, 15) is 4.79 Å². The van der Waals surface area contributed by atoms with Gasteiger partial charge in [-0.3, -0.25) is 4.79 Å². The molecule has 0 aliphatic heterocycles. The highest BCUT2D eigenvalue weighted by Crippen LogP contribution is 1.96. The molecule has 0 fully saturated rings. The topological polar surface area (TPSA) is 104 Å². The van der Waals surface area contributed by atoms with Crippen LogP contribution in [0, 0.1) is 0 Å². The van der Waals surface area contributed by atoms with Gasteiger partial charge < -0.3 is 10.4 Å². The first-order valence-corrected chi connectivity index (χ1v) is 4.39. The lowest BCUT2D eigenvalue weighted by molar-refractivity contribution is 0.0926. The monoisotopic (exact) mass is 199 g/mol. The molecule has 0 saturated carbocycles. The summed E-state index contributed by atoms with van der Waals surface area (Å²) in [6.45, 7) is 1.98. The summed E-state index contributed by atoms with van der Waals surface area (Å²) >= 11 is 0. The number of tetrazole rings is 1. The number of aromatic amines is 1. The van der Waals surface area contributed by atoms with Crippen molar-refractivity contribution < 1.29 is 9.90 Å². The van der Waals surface area contributed by atoms with E-state index in [2.05, 4.69) is 25.9 Å². The first-order chi connectivity index (χ1) is 6.74. The fourth-order valence-electron chi connectivity index (χ4n) is 1.02. The van der Waals surface area contributed by atoms with Gasteiger partial charge >= 0.3 is 0 Å². The van der Waals surface area contributed by atoms with E-state index in [1.807, 2.05) is 6.92 Å². The molecule has 0 aliphatic carbocycles. The third-order valence-corrected chi connectivity index (χ3v) is 1.72. The SMILES string of the molecule is CC(CCCO)NC(=O)c1nn[nH]n1. The molecule has 0 saturated heterocycles. The molecule has 3 N–H and O–H groups in total. The lowest BCUT2D eigenvalue weighted by atomic mass is 10.2. The molecule has 0 radical (unpaired) electrons. The molecule has 78 valence electrons. The number of rotatable bonds is 5. The van der Waals surface area contributed by atoms with Gasteiger partial charge in [-0.25, -0.2) is 0 Å². The molecule has 0 bridgehead atoms. The molecule has 1 unspecified atom stereocenters. The summed E-state index contributed by atoms with van der Waals surface area (Å²) in [6.07, 6.45) is 1.38. The van der Waals surface area contributed by atoms with Crippen molar-refractivity contribution in [3.63, 3.8) is 0 Å². The Balaban J connectivity index is 2.34. The van der Waals surface area contributed by atoms with E-state index in [0.29, 0.717) is 6.42 Å². The fraction of sp³-hybridized carbons (Fsp3) is 0.714. The van der Waals surface area contributed by atoms with Crippen LogP contribution in [0.2, 0.25) is 0 Å². The van der Waals surface area contributed by atoms with Crippen LogP contribution in [0.4, 0.5) is 0 Å². The Hall–Kier alpha value is -1.50. The molecule has 1 rings (SSSR count). The van der Waals surface area contributed by atoms with Crippen LogP contribution in [-0.4, -0.2) is 44.3 Å². The zero-order chi connectivity index (χ0) is 10.4. The largest absolute Gasteiger partial charge is 0.396 e. The summed E-state index contributed by atoms with van der Waals surface area (Å²) in [6, 6.07) is -0.00634. The van der Waals surface area contributed by atoms with E-state index in [0.717, 1.165) is 6.42 Å². The van der Waals surface area contributed by atoms with Crippen molar-refractivity contribution in [3.8, 4) is 0 Å². The first kappa shape index (κ1) is 10.6. The van der Waals surface area contributed by atoms with Crippen LogP contribution >= 0.6 is 0 Å². The van der Waals surface area contributed by atoms with Gasteiger partial charge in [0.15, 0.2) is 0 Å². The van der Waals surface area contributed by atoms with Gasteiger partial charge in [0, 0.05) is 12.6 Å². The normalized spacial score (nSPS) is 12.4. The summed E-state index contributed by atoms with van der Waals surface area (Å²) in [5, 5.41) is 23.8. The molecule has 0 aliphatic rings. The van der Waals surface area contributed by atoms with Crippen molar-refractivity contribution in [2.24, 2.45) is 0 Å². The summed E-state index contributed by atoms with van der Waals surface area (Å²) in [5.41, 5.74) is 0. The smallest absolute Gasteiger partial charge is 0.293 e.